The van der Waals surface area contributed by atoms with Gasteiger partial charge in [0.25, 0.3) is 0 Å². The van der Waals surface area contributed by atoms with Gasteiger partial charge in [0.15, 0.2) is 5.96 Å². The minimum Gasteiger partial charge on any atom is -0.497 e. The lowest BCUT2D eigenvalue weighted by molar-refractivity contribution is -0.138. The summed E-state index contributed by atoms with van der Waals surface area (Å²) in [5.74, 6) is 0.613. The molecule has 0 aromatic heterocycles. The maximum atomic E-state index is 12.8. The number of aliphatic imine (C=N–C) groups is 1. The lowest BCUT2D eigenvalue weighted by atomic mass is 10.2. The lowest BCUT2D eigenvalue weighted by Crippen LogP contribution is -2.23. The van der Waals surface area contributed by atoms with E-state index in [1.54, 1.807) is 31.4 Å². The Balaban J connectivity index is 1.86. The number of hydrogen-bond donors (Lipinski definition) is 2. The molecule has 0 aliphatic carbocycles. The zero-order valence-corrected chi connectivity index (χ0v) is 13.5. The molecule has 0 amide bonds. The molecular weight excluding hydrogens is 335 g/mol. The third-order valence-corrected chi connectivity index (χ3v) is 3.19. The highest BCUT2D eigenvalue weighted by Crippen LogP contribution is 2.35. The van der Waals surface area contributed by atoms with Gasteiger partial charge in [0.1, 0.15) is 18.1 Å². The summed E-state index contributed by atoms with van der Waals surface area (Å²) in [6.07, 6.45) is -4.46. The van der Waals surface area contributed by atoms with Crippen LogP contribution in [0.3, 0.4) is 0 Å². The molecule has 2 aromatic rings. The van der Waals surface area contributed by atoms with Crippen molar-refractivity contribution in [2.75, 3.05) is 25.6 Å². The minimum absolute atomic E-state index is 0.0297. The van der Waals surface area contributed by atoms with Gasteiger partial charge in [-0.1, -0.05) is 12.1 Å². The first-order valence-corrected chi connectivity index (χ1v) is 7.40. The SMILES string of the molecule is COc1ccc(NC(N)=NCCOc2ccccc2C(F)(F)F)cc1. The molecule has 0 fully saturated rings. The van der Waals surface area contributed by atoms with Crippen molar-refractivity contribution in [1.29, 1.82) is 0 Å². The number of hydrogen-bond acceptors (Lipinski definition) is 3. The maximum absolute atomic E-state index is 12.8. The van der Waals surface area contributed by atoms with Gasteiger partial charge in [-0.05, 0) is 36.4 Å². The zero-order chi connectivity index (χ0) is 18.3. The number of rotatable bonds is 6. The number of nitrogens with one attached hydrogen (secondary N) is 1. The van der Waals surface area contributed by atoms with Crippen LogP contribution in [0.25, 0.3) is 0 Å². The zero-order valence-electron chi connectivity index (χ0n) is 13.5. The van der Waals surface area contributed by atoms with E-state index in [4.69, 9.17) is 15.2 Å². The Morgan fingerprint density at radius 3 is 2.44 bits per heavy atom. The molecule has 0 radical (unpaired) electrons. The molecule has 0 saturated carbocycles. The van der Waals surface area contributed by atoms with E-state index in [1.807, 2.05) is 0 Å². The summed E-state index contributed by atoms with van der Waals surface area (Å²) >= 11 is 0. The predicted octanol–water partition coefficient (Wildman–Crippen LogP) is 3.52. The fraction of sp³-hybridized carbons (Fsp3) is 0.235. The van der Waals surface area contributed by atoms with Gasteiger partial charge in [0, 0.05) is 5.69 Å². The van der Waals surface area contributed by atoms with Crippen LogP contribution in [0.5, 0.6) is 11.5 Å². The molecule has 0 aliphatic rings. The molecule has 0 aliphatic heterocycles. The molecule has 0 atom stereocenters. The van der Waals surface area contributed by atoms with Crippen LogP contribution in [0.15, 0.2) is 53.5 Å². The van der Waals surface area contributed by atoms with Crippen LogP contribution < -0.4 is 20.5 Å². The van der Waals surface area contributed by atoms with Gasteiger partial charge in [-0.2, -0.15) is 13.2 Å². The monoisotopic (exact) mass is 353 g/mol. The van der Waals surface area contributed by atoms with E-state index in [-0.39, 0.29) is 24.9 Å². The van der Waals surface area contributed by atoms with Gasteiger partial charge >= 0.3 is 6.18 Å². The highest BCUT2D eigenvalue weighted by Gasteiger charge is 2.33. The average molecular weight is 353 g/mol. The number of methoxy groups -OCH3 is 1. The van der Waals surface area contributed by atoms with Crippen molar-refractivity contribution in [3.8, 4) is 11.5 Å². The second-order valence-corrected chi connectivity index (χ2v) is 4.96. The van der Waals surface area contributed by atoms with Crippen molar-refractivity contribution in [3.05, 3.63) is 54.1 Å². The van der Waals surface area contributed by atoms with Crippen molar-refractivity contribution in [2.24, 2.45) is 10.7 Å². The molecule has 25 heavy (non-hydrogen) atoms. The molecule has 5 nitrogen and oxygen atoms in total. The fourth-order valence-corrected chi connectivity index (χ4v) is 2.01. The van der Waals surface area contributed by atoms with Crippen LogP contribution in [0, 0.1) is 0 Å². The normalized spacial score (nSPS) is 11.9. The van der Waals surface area contributed by atoms with Gasteiger partial charge in [-0.15, -0.1) is 0 Å². The van der Waals surface area contributed by atoms with Gasteiger partial charge in [0.05, 0.1) is 19.2 Å². The maximum Gasteiger partial charge on any atom is 0.419 e. The first kappa shape index (κ1) is 18.4. The van der Waals surface area contributed by atoms with Crippen LogP contribution in [-0.2, 0) is 6.18 Å². The first-order valence-electron chi connectivity index (χ1n) is 7.40. The number of alkyl halides is 3. The van der Waals surface area contributed by atoms with Crippen molar-refractivity contribution in [1.82, 2.24) is 0 Å². The van der Waals surface area contributed by atoms with Crippen LogP contribution >= 0.6 is 0 Å². The number of ether oxygens (including phenoxy) is 2. The Morgan fingerprint density at radius 2 is 1.80 bits per heavy atom. The quantitative estimate of drug-likeness (QED) is 0.474. The molecule has 2 rings (SSSR count). The van der Waals surface area contributed by atoms with E-state index in [9.17, 15) is 13.2 Å². The van der Waals surface area contributed by atoms with E-state index < -0.39 is 11.7 Å². The smallest absolute Gasteiger partial charge is 0.419 e. The number of halogens is 3. The van der Waals surface area contributed by atoms with Gasteiger partial charge in [-0.25, -0.2) is 4.99 Å². The van der Waals surface area contributed by atoms with E-state index in [2.05, 4.69) is 10.3 Å². The third kappa shape index (κ3) is 5.59. The third-order valence-electron chi connectivity index (χ3n) is 3.19. The summed E-state index contributed by atoms with van der Waals surface area (Å²) in [6.45, 7) is 0.0826. The van der Waals surface area contributed by atoms with Gasteiger partial charge in [-0.3, -0.25) is 0 Å². The molecule has 0 saturated heterocycles. The Hall–Kier alpha value is -2.90. The first-order chi connectivity index (χ1) is 11.9. The van der Waals surface area contributed by atoms with Crippen molar-refractivity contribution >= 4 is 11.6 Å². The molecule has 0 bridgehead atoms. The van der Waals surface area contributed by atoms with Crippen molar-refractivity contribution in [2.45, 2.75) is 6.18 Å². The highest BCUT2D eigenvalue weighted by atomic mass is 19.4. The summed E-state index contributed by atoms with van der Waals surface area (Å²) in [7, 11) is 1.56. The Kier molecular flexibility index (Phi) is 6.10. The molecule has 0 spiro atoms. The standard InChI is InChI=1S/C17H18F3N3O2/c1-24-13-8-6-12(7-9-13)23-16(21)22-10-11-25-15-5-3-2-4-14(15)17(18,19)20/h2-9H,10-11H2,1H3,(H3,21,22,23). The molecule has 2 aromatic carbocycles. The van der Waals surface area contributed by atoms with Crippen molar-refractivity contribution in [3.63, 3.8) is 0 Å². The highest BCUT2D eigenvalue weighted by molar-refractivity contribution is 5.92. The van der Waals surface area contributed by atoms with E-state index in [0.717, 1.165) is 6.07 Å². The number of anilines is 1. The molecule has 0 unspecified atom stereocenters. The Labute approximate surface area is 143 Å². The summed E-state index contributed by atoms with van der Waals surface area (Å²) in [5, 5.41) is 2.86. The average Bonchev–Trinajstić information content (AvgIpc) is 2.59. The lowest BCUT2D eigenvalue weighted by Gasteiger charge is -2.13. The van der Waals surface area contributed by atoms with E-state index in [1.165, 1.54) is 18.2 Å². The Morgan fingerprint density at radius 1 is 1.12 bits per heavy atom. The van der Waals surface area contributed by atoms with E-state index in [0.29, 0.717) is 11.4 Å². The number of nitrogens with two attached hydrogens (primary N) is 1. The van der Waals surface area contributed by atoms with Gasteiger partial charge < -0.3 is 20.5 Å². The number of benzene rings is 2. The summed E-state index contributed by atoms with van der Waals surface area (Å²) in [5.41, 5.74) is 5.62. The fourth-order valence-electron chi connectivity index (χ4n) is 2.01. The van der Waals surface area contributed by atoms with Crippen LogP contribution in [0.1, 0.15) is 5.56 Å². The predicted molar refractivity (Wildman–Crippen MR) is 90.0 cm³/mol. The summed E-state index contributed by atoms with van der Waals surface area (Å²) in [4.78, 5) is 4.01. The molecule has 134 valence electrons. The summed E-state index contributed by atoms with van der Waals surface area (Å²) in [6, 6.07) is 12.1. The molecular formula is C17H18F3N3O2. The van der Waals surface area contributed by atoms with Crippen molar-refractivity contribution < 1.29 is 22.6 Å². The topological polar surface area (TPSA) is 68.9 Å². The number of guanidine groups is 1. The second kappa shape index (κ2) is 8.27. The van der Waals surface area contributed by atoms with E-state index >= 15 is 0 Å². The largest absolute Gasteiger partial charge is 0.497 e. The molecule has 3 N–H and O–H groups in total. The molecule has 0 heterocycles. The second-order valence-electron chi connectivity index (χ2n) is 4.96. The van der Waals surface area contributed by atoms with Gasteiger partial charge in [0.2, 0.25) is 0 Å². The van der Waals surface area contributed by atoms with Crippen LogP contribution in [0.4, 0.5) is 18.9 Å². The van der Waals surface area contributed by atoms with Crippen LogP contribution in [0.2, 0.25) is 0 Å². The number of para-hydroxylation sites is 1. The molecule has 8 heteroatoms. The minimum atomic E-state index is -4.46. The van der Waals surface area contributed by atoms with Crippen LogP contribution in [-0.4, -0.2) is 26.2 Å². The summed E-state index contributed by atoms with van der Waals surface area (Å²) < 4.78 is 48.7. The number of nitrogens with zero attached hydrogens (tertiary/aromatic N) is 1. The Bertz CT molecular complexity index is 716.